The van der Waals surface area contributed by atoms with Crippen LogP contribution in [0.15, 0.2) is 23.1 Å². The molecule has 0 saturated carbocycles. The van der Waals surface area contributed by atoms with Crippen LogP contribution in [0.3, 0.4) is 0 Å². The second-order valence-electron chi connectivity index (χ2n) is 6.79. The van der Waals surface area contributed by atoms with Gasteiger partial charge in [-0.05, 0) is 37.5 Å². The van der Waals surface area contributed by atoms with Crippen molar-refractivity contribution in [2.24, 2.45) is 0 Å². The molecular formula is C19H30N4O4S. The monoisotopic (exact) mass is 410 g/mol. The van der Waals surface area contributed by atoms with E-state index in [2.05, 4.69) is 10.6 Å². The number of hydrogen-bond donors (Lipinski definition) is 2. The zero-order chi connectivity index (χ0) is 20.7. The van der Waals surface area contributed by atoms with Crippen molar-refractivity contribution in [1.29, 1.82) is 0 Å². The number of likely N-dealkylation sites (tertiary alicyclic amines) is 1. The lowest BCUT2D eigenvalue weighted by atomic mass is 10.2. The van der Waals surface area contributed by atoms with E-state index < -0.39 is 10.0 Å². The lowest BCUT2D eigenvalue weighted by Gasteiger charge is -2.20. The van der Waals surface area contributed by atoms with Gasteiger partial charge in [-0.1, -0.05) is 19.9 Å². The maximum atomic E-state index is 12.8. The van der Waals surface area contributed by atoms with E-state index >= 15 is 0 Å². The van der Waals surface area contributed by atoms with Gasteiger partial charge in [0.15, 0.2) is 0 Å². The van der Waals surface area contributed by atoms with Crippen molar-refractivity contribution < 1.29 is 18.0 Å². The first-order valence-electron chi connectivity index (χ1n) is 9.68. The van der Waals surface area contributed by atoms with Crippen LogP contribution in [0.2, 0.25) is 0 Å². The van der Waals surface area contributed by atoms with Crippen LogP contribution in [0, 0.1) is 6.92 Å². The SMILES string of the molecule is CCN(CC)S(=O)(=O)c1cc(NCC(=O)NCC(=O)N2CCCC2)ccc1C. The number of carbonyl (C=O) groups is 2. The Morgan fingerprint density at radius 3 is 2.36 bits per heavy atom. The standard InChI is InChI=1S/C19H30N4O4S/c1-4-23(5-2)28(26,27)17-12-16(9-8-15(17)3)20-13-18(24)21-14-19(25)22-10-6-7-11-22/h8-9,12,20H,4-7,10-11,13-14H2,1-3H3,(H,21,24). The predicted molar refractivity (Wildman–Crippen MR) is 109 cm³/mol. The van der Waals surface area contributed by atoms with Gasteiger partial charge in [0.1, 0.15) is 0 Å². The smallest absolute Gasteiger partial charge is 0.243 e. The minimum atomic E-state index is -3.58. The van der Waals surface area contributed by atoms with Crippen LogP contribution in [0.25, 0.3) is 0 Å². The molecule has 0 aliphatic carbocycles. The third-order valence-corrected chi connectivity index (χ3v) is 7.05. The summed E-state index contributed by atoms with van der Waals surface area (Å²) in [6.07, 6.45) is 2.01. The van der Waals surface area contributed by atoms with Crippen molar-refractivity contribution in [2.75, 3.05) is 44.6 Å². The first-order valence-corrected chi connectivity index (χ1v) is 11.1. The Kier molecular flexibility index (Phi) is 7.82. The first kappa shape index (κ1) is 22.2. The summed E-state index contributed by atoms with van der Waals surface area (Å²) in [5.74, 6) is -0.393. The van der Waals surface area contributed by atoms with Crippen molar-refractivity contribution in [3.63, 3.8) is 0 Å². The van der Waals surface area contributed by atoms with Crippen LogP contribution >= 0.6 is 0 Å². The van der Waals surface area contributed by atoms with Crippen molar-refractivity contribution in [3.8, 4) is 0 Å². The molecule has 2 amide bonds. The molecule has 2 N–H and O–H groups in total. The fourth-order valence-corrected chi connectivity index (χ4v) is 4.90. The van der Waals surface area contributed by atoms with Crippen LogP contribution in [0.4, 0.5) is 5.69 Å². The predicted octanol–water partition coefficient (Wildman–Crippen LogP) is 1.18. The summed E-state index contributed by atoms with van der Waals surface area (Å²) < 4.78 is 27.0. The lowest BCUT2D eigenvalue weighted by molar-refractivity contribution is -0.131. The van der Waals surface area contributed by atoms with Crippen LogP contribution in [-0.4, -0.2) is 68.7 Å². The van der Waals surface area contributed by atoms with E-state index in [4.69, 9.17) is 0 Å². The zero-order valence-electron chi connectivity index (χ0n) is 16.8. The molecule has 1 aliphatic heterocycles. The molecule has 1 heterocycles. The maximum Gasteiger partial charge on any atom is 0.243 e. The van der Waals surface area contributed by atoms with E-state index in [1.165, 1.54) is 4.31 Å². The summed E-state index contributed by atoms with van der Waals surface area (Å²) >= 11 is 0. The van der Waals surface area contributed by atoms with Crippen molar-refractivity contribution >= 4 is 27.5 Å². The molecule has 8 nitrogen and oxygen atoms in total. The molecule has 0 unspecified atom stereocenters. The molecule has 1 fully saturated rings. The first-order chi connectivity index (χ1) is 13.3. The molecule has 1 aromatic carbocycles. The summed E-state index contributed by atoms with van der Waals surface area (Å²) in [6.45, 7) is 7.57. The van der Waals surface area contributed by atoms with E-state index in [1.807, 2.05) is 0 Å². The number of benzene rings is 1. The fraction of sp³-hybridized carbons (Fsp3) is 0.579. The second kappa shape index (κ2) is 9.88. The van der Waals surface area contributed by atoms with E-state index in [9.17, 15) is 18.0 Å². The van der Waals surface area contributed by atoms with E-state index in [1.54, 1.807) is 43.9 Å². The second-order valence-corrected chi connectivity index (χ2v) is 8.69. The molecule has 9 heteroatoms. The minimum absolute atomic E-state index is 0.0179. The van der Waals surface area contributed by atoms with Crippen molar-refractivity contribution in [1.82, 2.24) is 14.5 Å². The number of nitrogens with zero attached hydrogens (tertiary/aromatic N) is 2. The highest BCUT2D eigenvalue weighted by molar-refractivity contribution is 7.89. The van der Waals surface area contributed by atoms with Gasteiger partial charge in [0.2, 0.25) is 21.8 Å². The van der Waals surface area contributed by atoms with Gasteiger partial charge in [-0.3, -0.25) is 9.59 Å². The topological polar surface area (TPSA) is 98.8 Å². The summed E-state index contributed by atoms with van der Waals surface area (Å²) in [5.41, 5.74) is 1.19. The quantitative estimate of drug-likeness (QED) is 0.637. The number of rotatable bonds is 9. The molecule has 1 aliphatic rings. The number of carbonyl (C=O) groups excluding carboxylic acids is 2. The Balaban J connectivity index is 1.95. The highest BCUT2D eigenvalue weighted by atomic mass is 32.2. The number of hydrogen-bond acceptors (Lipinski definition) is 5. The average molecular weight is 411 g/mol. The summed E-state index contributed by atoms with van der Waals surface area (Å²) in [4.78, 5) is 25.9. The van der Waals surface area contributed by atoms with Gasteiger partial charge >= 0.3 is 0 Å². The number of amides is 2. The van der Waals surface area contributed by atoms with Gasteiger partial charge in [0.05, 0.1) is 18.0 Å². The molecule has 0 aromatic heterocycles. The molecule has 28 heavy (non-hydrogen) atoms. The Labute approximate surface area is 167 Å². The van der Waals surface area contributed by atoms with Gasteiger partial charge in [-0.15, -0.1) is 0 Å². The van der Waals surface area contributed by atoms with Crippen LogP contribution in [-0.2, 0) is 19.6 Å². The lowest BCUT2D eigenvalue weighted by Crippen LogP contribution is -2.40. The van der Waals surface area contributed by atoms with Crippen LogP contribution in [0.1, 0.15) is 32.3 Å². The molecule has 0 spiro atoms. The zero-order valence-corrected chi connectivity index (χ0v) is 17.6. The number of sulfonamides is 1. The Morgan fingerprint density at radius 1 is 1.11 bits per heavy atom. The summed E-state index contributed by atoms with van der Waals surface area (Å²) in [7, 11) is -3.58. The maximum absolute atomic E-state index is 12.8. The molecular weight excluding hydrogens is 380 g/mol. The number of aryl methyl sites for hydroxylation is 1. The third kappa shape index (κ3) is 5.45. The summed E-state index contributed by atoms with van der Waals surface area (Å²) in [5, 5.41) is 5.54. The fourth-order valence-electron chi connectivity index (χ4n) is 3.19. The van der Waals surface area contributed by atoms with Gasteiger partial charge in [-0.2, -0.15) is 4.31 Å². The van der Waals surface area contributed by atoms with Gasteiger partial charge < -0.3 is 15.5 Å². The summed E-state index contributed by atoms with van der Waals surface area (Å²) in [6, 6.07) is 5.00. The van der Waals surface area contributed by atoms with Crippen molar-refractivity contribution in [3.05, 3.63) is 23.8 Å². The van der Waals surface area contributed by atoms with E-state index in [0.717, 1.165) is 25.9 Å². The van der Waals surface area contributed by atoms with Gasteiger partial charge in [0.25, 0.3) is 0 Å². The Hall–Kier alpha value is -2.13. The minimum Gasteiger partial charge on any atom is -0.376 e. The molecule has 1 aromatic rings. The molecule has 0 bridgehead atoms. The van der Waals surface area contributed by atoms with Gasteiger partial charge in [-0.25, -0.2) is 8.42 Å². The molecule has 0 radical (unpaired) electrons. The highest BCUT2D eigenvalue weighted by Gasteiger charge is 2.24. The largest absolute Gasteiger partial charge is 0.376 e. The average Bonchev–Trinajstić information content (AvgIpc) is 3.21. The molecule has 156 valence electrons. The van der Waals surface area contributed by atoms with Crippen LogP contribution < -0.4 is 10.6 Å². The highest BCUT2D eigenvalue weighted by Crippen LogP contribution is 2.23. The number of nitrogens with one attached hydrogen (secondary N) is 2. The normalized spacial score (nSPS) is 14.4. The number of anilines is 1. The van der Waals surface area contributed by atoms with E-state index in [-0.39, 0.29) is 29.8 Å². The van der Waals surface area contributed by atoms with Gasteiger partial charge in [0, 0.05) is 31.9 Å². The molecule has 0 atom stereocenters. The van der Waals surface area contributed by atoms with Crippen LogP contribution in [0.5, 0.6) is 0 Å². The van der Waals surface area contributed by atoms with Crippen molar-refractivity contribution in [2.45, 2.75) is 38.5 Å². The molecule has 2 rings (SSSR count). The Bertz CT molecular complexity index is 800. The van der Waals surface area contributed by atoms with E-state index in [0.29, 0.717) is 24.3 Å². The molecule has 1 saturated heterocycles. The third-order valence-electron chi connectivity index (χ3n) is 4.86. The Morgan fingerprint density at radius 2 is 1.75 bits per heavy atom.